The second kappa shape index (κ2) is 9.21. The number of unbranched alkanes of at least 4 members (excludes halogenated alkanes) is 1. The van der Waals surface area contributed by atoms with Crippen molar-refractivity contribution in [2.24, 2.45) is 5.92 Å². The van der Waals surface area contributed by atoms with Crippen molar-refractivity contribution in [3.63, 3.8) is 0 Å². The van der Waals surface area contributed by atoms with E-state index in [0.717, 1.165) is 12.0 Å². The SMILES string of the molecule is CC.CCCCC1CCN(C(C)C)CC1. The topological polar surface area (TPSA) is 3.24 Å². The molecule has 1 fully saturated rings. The van der Waals surface area contributed by atoms with Gasteiger partial charge in [0, 0.05) is 6.04 Å². The third kappa shape index (κ3) is 6.19. The number of hydrogen-bond donors (Lipinski definition) is 0. The number of hydrogen-bond acceptors (Lipinski definition) is 1. The average Bonchev–Trinajstić information content (AvgIpc) is 2.29. The van der Waals surface area contributed by atoms with Crippen LogP contribution in [-0.2, 0) is 0 Å². The van der Waals surface area contributed by atoms with Gasteiger partial charge in [0.1, 0.15) is 0 Å². The Morgan fingerprint density at radius 2 is 1.67 bits per heavy atom. The molecule has 92 valence electrons. The van der Waals surface area contributed by atoms with Crippen LogP contribution in [0.25, 0.3) is 0 Å². The zero-order valence-corrected chi connectivity index (χ0v) is 11.6. The second-order valence-corrected chi connectivity index (χ2v) is 4.72. The smallest absolute Gasteiger partial charge is 0.00385 e. The van der Waals surface area contributed by atoms with Crippen molar-refractivity contribution in [1.82, 2.24) is 4.90 Å². The van der Waals surface area contributed by atoms with Crippen molar-refractivity contribution < 1.29 is 0 Å². The summed E-state index contributed by atoms with van der Waals surface area (Å²) in [4.78, 5) is 2.61. The second-order valence-electron chi connectivity index (χ2n) is 4.72. The van der Waals surface area contributed by atoms with Gasteiger partial charge in [0.05, 0.1) is 0 Å². The van der Waals surface area contributed by atoms with Crippen molar-refractivity contribution >= 4 is 0 Å². The molecule has 0 aliphatic carbocycles. The molecule has 1 heteroatoms. The van der Waals surface area contributed by atoms with Gasteiger partial charge >= 0.3 is 0 Å². The van der Waals surface area contributed by atoms with Crippen LogP contribution in [-0.4, -0.2) is 24.0 Å². The first-order chi connectivity index (χ1) is 7.24. The van der Waals surface area contributed by atoms with Gasteiger partial charge in [0.2, 0.25) is 0 Å². The Kier molecular flexibility index (Phi) is 9.18. The summed E-state index contributed by atoms with van der Waals surface area (Å²) in [6.07, 6.45) is 7.16. The van der Waals surface area contributed by atoms with Crippen LogP contribution in [0.4, 0.5) is 0 Å². The first-order valence-electron chi connectivity index (χ1n) is 6.98. The zero-order chi connectivity index (χ0) is 11.7. The molecule has 1 heterocycles. The van der Waals surface area contributed by atoms with Gasteiger partial charge in [-0.2, -0.15) is 0 Å². The molecule has 0 saturated carbocycles. The molecule has 0 spiro atoms. The maximum absolute atomic E-state index is 2.61. The largest absolute Gasteiger partial charge is 0.301 e. The molecule has 0 amide bonds. The maximum atomic E-state index is 2.61. The van der Waals surface area contributed by atoms with E-state index in [2.05, 4.69) is 25.7 Å². The molecule has 1 rings (SSSR count). The van der Waals surface area contributed by atoms with Crippen LogP contribution >= 0.6 is 0 Å². The number of rotatable bonds is 4. The molecule has 1 saturated heterocycles. The predicted molar refractivity (Wildman–Crippen MR) is 70.3 cm³/mol. The van der Waals surface area contributed by atoms with Gasteiger partial charge in [-0.25, -0.2) is 0 Å². The molecule has 15 heavy (non-hydrogen) atoms. The van der Waals surface area contributed by atoms with E-state index in [1.807, 2.05) is 13.8 Å². The molecule has 1 nitrogen and oxygen atoms in total. The summed E-state index contributed by atoms with van der Waals surface area (Å²) in [5.74, 6) is 1.04. The van der Waals surface area contributed by atoms with Crippen molar-refractivity contribution in [3.8, 4) is 0 Å². The zero-order valence-electron chi connectivity index (χ0n) is 11.6. The highest BCUT2D eigenvalue weighted by molar-refractivity contribution is 4.74. The average molecular weight is 213 g/mol. The molecule has 0 aromatic carbocycles. The Hall–Kier alpha value is -0.0400. The first-order valence-corrected chi connectivity index (χ1v) is 6.98. The quantitative estimate of drug-likeness (QED) is 0.672. The summed E-state index contributed by atoms with van der Waals surface area (Å²) in [5, 5.41) is 0. The van der Waals surface area contributed by atoms with Gasteiger partial charge < -0.3 is 4.90 Å². The summed E-state index contributed by atoms with van der Waals surface area (Å²) in [7, 11) is 0. The summed E-state index contributed by atoms with van der Waals surface area (Å²) < 4.78 is 0. The highest BCUT2D eigenvalue weighted by Crippen LogP contribution is 2.23. The standard InChI is InChI=1S/C12H25N.C2H6/c1-4-5-6-12-7-9-13(10-8-12)11(2)3;1-2/h11-12H,4-10H2,1-3H3;1-2H3. The van der Waals surface area contributed by atoms with Gasteiger partial charge in [0.15, 0.2) is 0 Å². The third-order valence-corrected chi connectivity index (χ3v) is 3.35. The van der Waals surface area contributed by atoms with Gasteiger partial charge in [-0.1, -0.05) is 40.0 Å². The highest BCUT2D eigenvalue weighted by atomic mass is 15.1. The lowest BCUT2D eigenvalue weighted by Crippen LogP contribution is -2.38. The van der Waals surface area contributed by atoms with Crippen LogP contribution in [0.1, 0.15) is 66.7 Å². The van der Waals surface area contributed by atoms with E-state index >= 15 is 0 Å². The normalized spacial score (nSPS) is 18.8. The van der Waals surface area contributed by atoms with Gasteiger partial charge in [0.25, 0.3) is 0 Å². The molecule has 0 atom stereocenters. The molecular weight excluding hydrogens is 182 g/mol. The van der Waals surface area contributed by atoms with Crippen LogP contribution in [0.15, 0.2) is 0 Å². The van der Waals surface area contributed by atoms with E-state index < -0.39 is 0 Å². The van der Waals surface area contributed by atoms with Crippen LogP contribution in [0, 0.1) is 5.92 Å². The van der Waals surface area contributed by atoms with Crippen molar-refractivity contribution in [1.29, 1.82) is 0 Å². The summed E-state index contributed by atoms with van der Waals surface area (Å²) >= 11 is 0. The molecule has 1 aliphatic rings. The van der Waals surface area contributed by atoms with Crippen LogP contribution < -0.4 is 0 Å². The van der Waals surface area contributed by atoms with Crippen molar-refractivity contribution in [2.75, 3.05) is 13.1 Å². The fourth-order valence-electron chi connectivity index (χ4n) is 2.25. The Morgan fingerprint density at radius 1 is 1.13 bits per heavy atom. The van der Waals surface area contributed by atoms with E-state index in [4.69, 9.17) is 0 Å². The Labute approximate surface area is 97.2 Å². The number of piperidine rings is 1. The number of likely N-dealkylation sites (tertiary alicyclic amines) is 1. The third-order valence-electron chi connectivity index (χ3n) is 3.35. The summed E-state index contributed by atoms with van der Waals surface area (Å²) in [6, 6.07) is 0.757. The predicted octanol–water partition coefficient (Wildman–Crippen LogP) is 4.32. The minimum Gasteiger partial charge on any atom is -0.301 e. The molecule has 0 aromatic heterocycles. The lowest BCUT2D eigenvalue weighted by atomic mass is 9.91. The lowest BCUT2D eigenvalue weighted by Gasteiger charge is -2.34. The molecule has 0 radical (unpaired) electrons. The number of nitrogens with zero attached hydrogens (tertiary/aromatic N) is 1. The molecule has 0 bridgehead atoms. The van der Waals surface area contributed by atoms with Gasteiger partial charge in [-0.15, -0.1) is 0 Å². The summed E-state index contributed by atoms with van der Waals surface area (Å²) in [6.45, 7) is 13.6. The summed E-state index contributed by atoms with van der Waals surface area (Å²) in [5.41, 5.74) is 0. The molecule has 0 N–H and O–H groups in total. The lowest BCUT2D eigenvalue weighted by molar-refractivity contribution is 0.144. The fraction of sp³-hybridized carbons (Fsp3) is 1.00. The minimum atomic E-state index is 0.757. The maximum Gasteiger partial charge on any atom is 0.00385 e. The van der Waals surface area contributed by atoms with Crippen LogP contribution in [0.3, 0.4) is 0 Å². The Balaban J connectivity index is 0.000000921. The van der Waals surface area contributed by atoms with E-state index in [1.165, 1.54) is 45.2 Å². The minimum absolute atomic E-state index is 0.757. The molecule has 1 aliphatic heterocycles. The van der Waals surface area contributed by atoms with E-state index in [0.29, 0.717) is 0 Å². The van der Waals surface area contributed by atoms with E-state index in [1.54, 1.807) is 0 Å². The first kappa shape index (κ1) is 15.0. The fourth-order valence-corrected chi connectivity index (χ4v) is 2.25. The van der Waals surface area contributed by atoms with Gasteiger partial charge in [-0.3, -0.25) is 0 Å². The van der Waals surface area contributed by atoms with Crippen LogP contribution in [0.2, 0.25) is 0 Å². The van der Waals surface area contributed by atoms with E-state index in [-0.39, 0.29) is 0 Å². The Bertz CT molecular complexity index is 123. The molecular formula is C14H31N. The van der Waals surface area contributed by atoms with Crippen molar-refractivity contribution in [3.05, 3.63) is 0 Å². The van der Waals surface area contributed by atoms with E-state index in [9.17, 15) is 0 Å². The Morgan fingerprint density at radius 3 is 2.07 bits per heavy atom. The van der Waals surface area contributed by atoms with Gasteiger partial charge in [-0.05, 0) is 45.7 Å². The monoisotopic (exact) mass is 213 g/mol. The van der Waals surface area contributed by atoms with Crippen molar-refractivity contribution in [2.45, 2.75) is 72.8 Å². The molecule has 0 unspecified atom stereocenters. The van der Waals surface area contributed by atoms with Crippen LogP contribution in [0.5, 0.6) is 0 Å². The molecule has 0 aromatic rings. The highest BCUT2D eigenvalue weighted by Gasteiger charge is 2.19.